The number of morpholine rings is 1. The van der Waals surface area contributed by atoms with Crippen molar-refractivity contribution in [3.05, 3.63) is 29.6 Å². The van der Waals surface area contributed by atoms with Crippen molar-refractivity contribution in [2.24, 2.45) is 0 Å². The second-order valence-corrected chi connectivity index (χ2v) is 7.03. The average Bonchev–Trinajstić information content (AvgIpc) is 3.12. The van der Waals surface area contributed by atoms with Gasteiger partial charge in [0, 0.05) is 26.4 Å². The van der Waals surface area contributed by atoms with Crippen molar-refractivity contribution >= 4 is 28.6 Å². The summed E-state index contributed by atoms with van der Waals surface area (Å²) in [6.07, 6.45) is 2.63. The molecule has 29 heavy (non-hydrogen) atoms. The molecule has 0 saturated carbocycles. The smallest absolute Gasteiger partial charge is 0.228 e. The number of fused-ring (bicyclic) bond motifs is 1. The van der Waals surface area contributed by atoms with Crippen molar-refractivity contribution in [1.29, 1.82) is 0 Å². The quantitative estimate of drug-likeness (QED) is 0.650. The summed E-state index contributed by atoms with van der Waals surface area (Å²) in [5, 5.41) is 8.16. The molecule has 1 fully saturated rings. The average molecular weight is 397 g/mol. The highest BCUT2D eigenvalue weighted by molar-refractivity contribution is 5.90. The zero-order valence-corrected chi connectivity index (χ0v) is 17.2. The van der Waals surface area contributed by atoms with E-state index >= 15 is 0 Å². The van der Waals surface area contributed by atoms with Gasteiger partial charge in [0.05, 0.1) is 32.1 Å². The maximum Gasteiger partial charge on any atom is 0.228 e. The van der Waals surface area contributed by atoms with Gasteiger partial charge in [0.1, 0.15) is 16.9 Å². The third-order valence-electron chi connectivity index (χ3n) is 4.94. The van der Waals surface area contributed by atoms with Crippen LogP contribution in [0.1, 0.15) is 18.2 Å². The van der Waals surface area contributed by atoms with Crippen LogP contribution in [0.15, 0.2) is 18.3 Å². The Bertz CT molecular complexity index is 965. The molecular formula is C20H27N7O2. The highest BCUT2D eigenvalue weighted by Gasteiger charge is 2.22. The van der Waals surface area contributed by atoms with E-state index in [0.717, 1.165) is 47.6 Å². The lowest BCUT2D eigenvalue weighted by molar-refractivity contribution is 0.122. The highest BCUT2D eigenvalue weighted by Crippen LogP contribution is 2.29. The normalized spacial score (nSPS) is 14.5. The summed E-state index contributed by atoms with van der Waals surface area (Å²) < 4.78 is 12.7. The summed E-state index contributed by atoms with van der Waals surface area (Å²) in [6.45, 7) is 8.20. The summed E-state index contributed by atoms with van der Waals surface area (Å²) in [5.41, 5.74) is 3.80. The van der Waals surface area contributed by atoms with E-state index in [4.69, 9.17) is 24.5 Å². The van der Waals surface area contributed by atoms with Gasteiger partial charge in [-0.25, -0.2) is 9.97 Å². The van der Waals surface area contributed by atoms with Gasteiger partial charge in [0.25, 0.3) is 0 Å². The van der Waals surface area contributed by atoms with Crippen LogP contribution in [0, 0.1) is 6.92 Å². The number of aryl methyl sites for hydroxylation is 2. The molecule has 1 aliphatic heterocycles. The Labute approximate surface area is 170 Å². The molecule has 154 valence electrons. The van der Waals surface area contributed by atoms with Crippen molar-refractivity contribution in [2.75, 3.05) is 50.2 Å². The number of hydrogen-bond donors (Lipinski definition) is 1. The van der Waals surface area contributed by atoms with Crippen LogP contribution in [0.25, 0.3) is 11.0 Å². The standard InChI is InChI=1S/C20H27N7O2/c1-4-15-17-18(27(25-15)9-10-28-3)19(22-16-6-5-14(2)13-21-16)24-20(23-17)26-7-11-29-12-8-26/h5-6,13H,4,7-12H2,1-3H3,(H,21,22,23,24). The van der Waals surface area contributed by atoms with Crippen LogP contribution in [0.3, 0.4) is 0 Å². The van der Waals surface area contributed by atoms with Gasteiger partial charge in [-0.1, -0.05) is 13.0 Å². The molecule has 9 heteroatoms. The fourth-order valence-corrected chi connectivity index (χ4v) is 3.36. The monoisotopic (exact) mass is 397 g/mol. The van der Waals surface area contributed by atoms with Crippen LogP contribution in [-0.4, -0.2) is 64.8 Å². The maximum absolute atomic E-state index is 5.49. The van der Waals surface area contributed by atoms with Crippen molar-refractivity contribution in [1.82, 2.24) is 24.7 Å². The van der Waals surface area contributed by atoms with Gasteiger partial charge in [-0.05, 0) is 25.0 Å². The summed E-state index contributed by atoms with van der Waals surface area (Å²) in [5.74, 6) is 2.13. The third kappa shape index (κ3) is 4.15. The number of hydrogen-bond acceptors (Lipinski definition) is 8. The molecule has 0 unspecified atom stereocenters. The number of ether oxygens (including phenoxy) is 2. The molecule has 1 aliphatic rings. The third-order valence-corrected chi connectivity index (χ3v) is 4.94. The molecule has 0 spiro atoms. The van der Waals surface area contributed by atoms with Gasteiger partial charge in [-0.2, -0.15) is 10.1 Å². The van der Waals surface area contributed by atoms with Crippen LogP contribution in [-0.2, 0) is 22.4 Å². The van der Waals surface area contributed by atoms with Crippen molar-refractivity contribution in [2.45, 2.75) is 26.8 Å². The van der Waals surface area contributed by atoms with Crippen molar-refractivity contribution in [3.8, 4) is 0 Å². The predicted octanol–water partition coefficient (Wildman–Crippen LogP) is 2.32. The number of methoxy groups -OCH3 is 1. The molecule has 0 atom stereocenters. The second kappa shape index (κ2) is 8.71. The minimum atomic E-state index is 0.563. The summed E-state index contributed by atoms with van der Waals surface area (Å²) in [7, 11) is 1.69. The molecule has 0 radical (unpaired) electrons. The summed E-state index contributed by atoms with van der Waals surface area (Å²) >= 11 is 0. The van der Waals surface area contributed by atoms with Gasteiger partial charge in [0.15, 0.2) is 5.82 Å². The van der Waals surface area contributed by atoms with E-state index in [1.165, 1.54) is 0 Å². The number of pyridine rings is 1. The van der Waals surface area contributed by atoms with Gasteiger partial charge in [-0.3, -0.25) is 4.68 Å². The fourth-order valence-electron chi connectivity index (χ4n) is 3.36. The minimum absolute atomic E-state index is 0.563. The lowest BCUT2D eigenvalue weighted by atomic mass is 10.2. The first kappa shape index (κ1) is 19.5. The van der Waals surface area contributed by atoms with Crippen molar-refractivity contribution < 1.29 is 9.47 Å². The molecule has 1 saturated heterocycles. The molecule has 3 aromatic heterocycles. The van der Waals surface area contributed by atoms with Crippen LogP contribution in [0.5, 0.6) is 0 Å². The first-order valence-corrected chi connectivity index (χ1v) is 9.98. The Morgan fingerprint density at radius 3 is 2.72 bits per heavy atom. The van der Waals surface area contributed by atoms with E-state index in [9.17, 15) is 0 Å². The zero-order chi connectivity index (χ0) is 20.2. The SMILES string of the molecule is CCc1nn(CCOC)c2c(Nc3ccc(C)cn3)nc(N3CCOCC3)nc12. The Hall–Kier alpha value is -2.78. The molecule has 3 aromatic rings. The minimum Gasteiger partial charge on any atom is -0.383 e. The zero-order valence-electron chi connectivity index (χ0n) is 17.2. The Morgan fingerprint density at radius 1 is 1.21 bits per heavy atom. The number of nitrogens with zero attached hydrogens (tertiary/aromatic N) is 6. The van der Waals surface area contributed by atoms with Crippen LogP contribution >= 0.6 is 0 Å². The summed E-state index contributed by atoms with van der Waals surface area (Å²) in [6, 6.07) is 3.98. The number of aromatic nitrogens is 5. The van der Waals surface area contributed by atoms with Gasteiger partial charge in [0.2, 0.25) is 5.95 Å². The Kier molecular flexibility index (Phi) is 5.86. The van der Waals surface area contributed by atoms with E-state index in [2.05, 4.69) is 22.1 Å². The molecule has 9 nitrogen and oxygen atoms in total. The predicted molar refractivity (Wildman–Crippen MR) is 112 cm³/mol. The first-order chi connectivity index (χ1) is 14.2. The highest BCUT2D eigenvalue weighted by atomic mass is 16.5. The van der Waals surface area contributed by atoms with E-state index in [0.29, 0.717) is 38.1 Å². The lowest BCUT2D eigenvalue weighted by Gasteiger charge is -2.27. The topological polar surface area (TPSA) is 90.2 Å². The number of anilines is 3. The van der Waals surface area contributed by atoms with Gasteiger partial charge >= 0.3 is 0 Å². The van der Waals surface area contributed by atoms with Gasteiger partial charge < -0.3 is 19.7 Å². The second-order valence-electron chi connectivity index (χ2n) is 7.03. The first-order valence-electron chi connectivity index (χ1n) is 9.98. The van der Waals surface area contributed by atoms with Gasteiger partial charge in [-0.15, -0.1) is 0 Å². The number of rotatable bonds is 7. The molecule has 0 bridgehead atoms. The van der Waals surface area contributed by atoms with E-state index in [-0.39, 0.29) is 0 Å². The van der Waals surface area contributed by atoms with E-state index in [1.54, 1.807) is 7.11 Å². The number of nitrogens with one attached hydrogen (secondary N) is 1. The van der Waals surface area contributed by atoms with Crippen molar-refractivity contribution in [3.63, 3.8) is 0 Å². The van der Waals surface area contributed by atoms with Crippen LogP contribution in [0.4, 0.5) is 17.6 Å². The lowest BCUT2D eigenvalue weighted by Crippen LogP contribution is -2.37. The largest absolute Gasteiger partial charge is 0.383 e. The molecule has 0 aromatic carbocycles. The van der Waals surface area contributed by atoms with E-state index in [1.807, 2.05) is 29.9 Å². The maximum atomic E-state index is 5.49. The fraction of sp³-hybridized carbons (Fsp3) is 0.500. The molecular weight excluding hydrogens is 370 g/mol. The van der Waals surface area contributed by atoms with Crippen LogP contribution < -0.4 is 10.2 Å². The van der Waals surface area contributed by atoms with Crippen LogP contribution in [0.2, 0.25) is 0 Å². The Morgan fingerprint density at radius 2 is 2.03 bits per heavy atom. The summed E-state index contributed by atoms with van der Waals surface area (Å²) in [4.78, 5) is 16.4. The Balaban J connectivity index is 1.83. The molecule has 0 amide bonds. The molecule has 1 N–H and O–H groups in total. The molecule has 4 heterocycles. The molecule has 4 rings (SSSR count). The molecule has 0 aliphatic carbocycles. The van der Waals surface area contributed by atoms with E-state index < -0.39 is 0 Å².